The van der Waals surface area contributed by atoms with E-state index in [0.29, 0.717) is 19.3 Å². The summed E-state index contributed by atoms with van der Waals surface area (Å²) in [5.41, 5.74) is 17.6. The summed E-state index contributed by atoms with van der Waals surface area (Å²) in [6.07, 6.45) is 6.29. The fourth-order valence-electron chi connectivity index (χ4n) is 5.45. The molecule has 2 atom stereocenters. The van der Waals surface area contributed by atoms with Crippen LogP contribution < -0.4 is 16.2 Å². The number of aromatic nitrogens is 4. The van der Waals surface area contributed by atoms with Crippen molar-refractivity contribution in [1.29, 1.82) is 0 Å². The number of para-hydroxylation sites is 1. The number of amides is 1. The van der Waals surface area contributed by atoms with Gasteiger partial charge in [0.2, 0.25) is 5.91 Å². The summed E-state index contributed by atoms with van der Waals surface area (Å²) in [4.78, 5) is 15.7. The van der Waals surface area contributed by atoms with Gasteiger partial charge >= 0.3 is 0 Å². The van der Waals surface area contributed by atoms with E-state index in [1.807, 2.05) is 41.2 Å². The molecular formula is C33H38N6O2. The highest BCUT2D eigenvalue weighted by molar-refractivity contribution is 5.84. The first-order valence-electron chi connectivity index (χ1n) is 14.1. The van der Waals surface area contributed by atoms with Crippen LogP contribution >= 0.6 is 0 Å². The highest BCUT2D eigenvalue weighted by Crippen LogP contribution is 2.30. The predicted octanol–water partition coefficient (Wildman–Crippen LogP) is 4.91. The van der Waals surface area contributed by atoms with Gasteiger partial charge in [-0.05, 0) is 73.9 Å². The number of nitrogens with zero attached hydrogens (tertiary/aromatic N) is 3. The second-order valence-corrected chi connectivity index (χ2v) is 11.0. The molecule has 41 heavy (non-hydrogen) atoms. The van der Waals surface area contributed by atoms with E-state index in [1.54, 1.807) is 14.0 Å². The van der Waals surface area contributed by atoms with Crippen LogP contribution in [0.3, 0.4) is 0 Å². The molecule has 2 unspecified atom stereocenters. The first-order valence-corrected chi connectivity index (χ1v) is 14.1. The number of benzene rings is 3. The SMILES string of the molecule is COc1ccc(Cc2c(CCCc3ccccc3)nnn2C(Cc2c[nH]c3ccccc23)CC(C)(N)C(N)=O)cc1. The Morgan fingerprint density at radius 2 is 1.73 bits per heavy atom. The Balaban J connectivity index is 1.51. The number of aromatic amines is 1. The molecule has 0 aliphatic carbocycles. The summed E-state index contributed by atoms with van der Waals surface area (Å²) in [5, 5.41) is 10.5. The molecule has 0 radical (unpaired) electrons. The summed E-state index contributed by atoms with van der Waals surface area (Å²) < 4.78 is 7.35. The maximum Gasteiger partial charge on any atom is 0.237 e. The molecule has 0 spiro atoms. The summed E-state index contributed by atoms with van der Waals surface area (Å²) in [7, 11) is 1.66. The average Bonchev–Trinajstić information content (AvgIpc) is 3.57. The van der Waals surface area contributed by atoms with Gasteiger partial charge < -0.3 is 21.2 Å². The molecular weight excluding hydrogens is 512 g/mol. The van der Waals surface area contributed by atoms with E-state index in [2.05, 4.69) is 58.6 Å². The molecule has 0 fully saturated rings. The van der Waals surface area contributed by atoms with Crippen molar-refractivity contribution in [3.8, 4) is 5.75 Å². The van der Waals surface area contributed by atoms with E-state index in [0.717, 1.165) is 58.4 Å². The van der Waals surface area contributed by atoms with Crippen molar-refractivity contribution in [2.45, 2.75) is 57.0 Å². The number of hydrogen-bond acceptors (Lipinski definition) is 5. The number of carbonyl (C=O) groups is 1. The van der Waals surface area contributed by atoms with Gasteiger partial charge in [0, 0.05) is 23.5 Å². The number of methoxy groups -OCH3 is 1. The van der Waals surface area contributed by atoms with Crippen LogP contribution in [0.4, 0.5) is 0 Å². The third kappa shape index (κ3) is 6.66. The first kappa shape index (κ1) is 28.1. The molecule has 0 saturated carbocycles. The molecule has 2 heterocycles. The summed E-state index contributed by atoms with van der Waals surface area (Å²) >= 11 is 0. The number of aryl methyl sites for hydroxylation is 2. The van der Waals surface area contributed by atoms with Gasteiger partial charge in [-0.15, -0.1) is 5.10 Å². The molecule has 0 aliphatic heterocycles. The van der Waals surface area contributed by atoms with Crippen molar-refractivity contribution >= 4 is 16.8 Å². The van der Waals surface area contributed by atoms with Gasteiger partial charge in [-0.2, -0.15) is 0 Å². The minimum Gasteiger partial charge on any atom is -0.497 e. The van der Waals surface area contributed by atoms with Crippen LogP contribution in [-0.2, 0) is 30.5 Å². The molecule has 212 valence electrons. The normalized spacial score (nSPS) is 13.6. The van der Waals surface area contributed by atoms with Crippen molar-refractivity contribution in [2.24, 2.45) is 11.5 Å². The van der Waals surface area contributed by atoms with Gasteiger partial charge in [0.05, 0.1) is 30.1 Å². The maximum absolute atomic E-state index is 12.4. The summed E-state index contributed by atoms with van der Waals surface area (Å²) in [6, 6.07) is 26.5. The van der Waals surface area contributed by atoms with E-state index >= 15 is 0 Å². The number of hydrogen-bond donors (Lipinski definition) is 3. The van der Waals surface area contributed by atoms with Crippen LogP contribution in [-0.4, -0.2) is 38.5 Å². The largest absolute Gasteiger partial charge is 0.497 e. The van der Waals surface area contributed by atoms with Crippen molar-refractivity contribution in [3.63, 3.8) is 0 Å². The highest BCUT2D eigenvalue weighted by atomic mass is 16.5. The fraction of sp³-hybridized carbons (Fsp3) is 0.303. The maximum atomic E-state index is 12.4. The van der Waals surface area contributed by atoms with Crippen molar-refractivity contribution in [2.75, 3.05) is 7.11 Å². The van der Waals surface area contributed by atoms with E-state index in [9.17, 15) is 4.79 Å². The quantitative estimate of drug-likeness (QED) is 0.192. The second kappa shape index (κ2) is 12.4. The van der Waals surface area contributed by atoms with Gasteiger partial charge in [0.1, 0.15) is 5.75 Å². The molecule has 0 bridgehead atoms. The van der Waals surface area contributed by atoms with Crippen LogP contribution in [0.5, 0.6) is 5.75 Å². The molecule has 5 aromatic rings. The van der Waals surface area contributed by atoms with Crippen molar-refractivity contribution in [1.82, 2.24) is 20.0 Å². The topological polar surface area (TPSA) is 125 Å². The number of nitrogens with one attached hydrogen (secondary N) is 1. The fourth-order valence-corrected chi connectivity index (χ4v) is 5.45. The Hall–Kier alpha value is -4.43. The van der Waals surface area contributed by atoms with Crippen LogP contribution in [0.2, 0.25) is 0 Å². The standard InChI is InChI=1S/C33H38N6O2/c1-33(35,32(34)40)21-26(20-25-22-36-29-13-7-6-12-28(25)29)39-31(19-24-15-17-27(41-2)18-16-24)30(37-38-39)14-8-11-23-9-4-3-5-10-23/h3-7,9-10,12-13,15-18,22,26,36H,8,11,14,19-21,35H2,1-2H3,(H2,34,40). The minimum absolute atomic E-state index is 0.236. The van der Waals surface area contributed by atoms with Gasteiger partial charge in [-0.1, -0.05) is 65.9 Å². The first-order chi connectivity index (χ1) is 19.8. The zero-order chi connectivity index (χ0) is 28.8. The van der Waals surface area contributed by atoms with Gasteiger partial charge in [-0.3, -0.25) is 4.79 Å². The number of primary amides is 1. The molecule has 0 saturated heterocycles. The van der Waals surface area contributed by atoms with Crippen LogP contribution in [0.15, 0.2) is 85.1 Å². The average molecular weight is 551 g/mol. The van der Waals surface area contributed by atoms with Crippen molar-refractivity contribution < 1.29 is 9.53 Å². The molecule has 8 heteroatoms. The third-order valence-corrected chi connectivity index (χ3v) is 7.82. The predicted molar refractivity (Wildman–Crippen MR) is 162 cm³/mol. The number of carbonyl (C=O) groups excluding carboxylic acids is 1. The lowest BCUT2D eigenvalue weighted by atomic mass is 9.89. The van der Waals surface area contributed by atoms with Gasteiger partial charge in [-0.25, -0.2) is 4.68 Å². The molecule has 1 amide bonds. The molecule has 5 N–H and O–H groups in total. The Kier molecular flexibility index (Phi) is 8.50. The molecule has 2 aromatic heterocycles. The van der Waals surface area contributed by atoms with Gasteiger partial charge in [0.25, 0.3) is 0 Å². The number of nitrogens with two attached hydrogens (primary N) is 2. The lowest BCUT2D eigenvalue weighted by Gasteiger charge is -2.28. The summed E-state index contributed by atoms with van der Waals surface area (Å²) in [6.45, 7) is 1.69. The Labute approximate surface area is 240 Å². The number of fused-ring (bicyclic) bond motifs is 1. The van der Waals surface area contributed by atoms with E-state index < -0.39 is 11.4 Å². The van der Waals surface area contributed by atoms with Crippen LogP contribution in [0, 0.1) is 0 Å². The third-order valence-electron chi connectivity index (χ3n) is 7.82. The Morgan fingerprint density at radius 3 is 2.46 bits per heavy atom. The number of rotatable bonds is 13. The van der Waals surface area contributed by atoms with E-state index in [-0.39, 0.29) is 6.04 Å². The summed E-state index contributed by atoms with van der Waals surface area (Å²) in [5.74, 6) is 0.266. The zero-order valence-corrected chi connectivity index (χ0v) is 23.7. The minimum atomic E-state index is -1.21. The Morgan fingerprint density at radius 1 is 1.00 bits per heavy atom. The van der Waals surface area contributed by atoms with Crippen LogP contribution in [0.1, 0.15) is 53.9 Å². The van der Waals surface area contributed by atoms with Crippen LogP contribution in [0.25, 0.3) is 10.9 Å². The Bertz CT molecular complexity index is 1590. The zero-order valence-electron chi connectivity index (χ0n) is 23.7. The lowest BCUT2D eigenvalue weighted by Crippen LogP contribution is -2.51. The van der Waals surface area contributed by atoms with Crippen molar-refractivity contribution in [3.05, 3.63) is 113 Å². The monoisotopic (exact) mass is 550 g/mol. The molecule has 8 nitrogen and oxygen atoms in total. The molecule has 5 rings (SSSR count). The second-order valence-electron chi connectivity index (χ2n) is 11.0. The highest BCUT2D eigenvalue weighted by Gasteiger charge is 2.33. The van der Waals surface area contributed by atoms with Gasteiger partial charge in [0.15, 0.2) is 0 Å². The molecule has 3 aromatic carbocycles. The molecule has 0 aliphatic rings. The number of ether oxygens (including phenoxy) is 1. The smallest absolute Gasteiger partial charge is 0.237 e. The van der Waals surface area contributed by atoms with E-state index in [4.69, 9.17) is 21.4 Å². The van der Waals surface area contributed by atoms with E-state index in [1.165, 1.54) is 5.56 Å². The lowest BCUT2D eigenvalue weighted by molar-refractivity contribution is -0.123. The number of H-pyrrole nitrogens is 1.